The Hall–Kier alpha value is -2.08. The first-order valence-electron chi connectivity index (χ1n) is 7.37. The highest BCUT2D eigenvalue weighted by atomic mass is 32.2. The number of unbranched alkanes of at least 4 members (excludes halogenated alkanes) is 1. The Morgan fingerprint density at radius 1 is 1.18 bits per heavy atom. The molecule has 0 radical (unpaired) electrons. The number of aromatic nitrogens is 4. The summed E-state index contributed by atoms with van der Waals surface area (Å²) in [6.07, 6.45) is 6.03. The van der Waals surface area contributed by atoms with Crippen molar-refractivity contribution in [3.8, 4) is 11.3 Å². The lowest BCUT2D eigenvalue weighted by molar-refractivity contribution is 0.828. The van der Waals surface area contributed by atoms with Gasteiger partial charge in [0.1, 0.15) is 12.1 Å². The molecule has 0 saturated carbocycles. The van der Waals surface area contributed by atoms with Gasteiger partial charge in [-0.2, -0.15) is 26.4 Å². The molecule has 2 aromatic heterocycles. The summed E-state index contributed by atoms with van der Waals surface area (Å²) in [6, 6.07) is 12.2. The van der Waals surface area contributed by atoms with Gasteiger partial charge in [-0.05, 0) is 24.9 Å². The van der Waals surface area contributed by atoms with Crippen LogP contribution in [0.3, 0.4) is 0 Å². The maximum Gasteiger partial charge on any atom is 0.254 e. The van der Waals surface area contributed by atoms with Crippen LogP contribution in [0.25, 0.3) is 17.0 Å². The highest BCUT2D eigenvalue weighted by Gasteiger charge is 2.08. The molecular weight excluding hydrogens is 294 g/mol. The fraction of sp³-hybridized carbons (Fsp3) is 0.312. The van der Waals surface area contributed by atoms with Gasteiger partial charge >= 0.3 is 0 Å². The van der Waals surface area contributed by atoms with Crippen LogP contribution in [0.1, 0.15) is 12.8 Å². The van der Waals surface area contributed by atoms with Gasteiger partial charge in [-0.3, -0.25) is 0 Å². The number of anilines is 1. The molecule has 0 aliphatic carbocycles. The van der Waals surface area contributed by atoms with Crippen LogP contribution in [0.2, 0.25) is 0 Å². The van der Waals surface area contributed by atoms with Crippen LogP contribution in [0.5, 0.6) is 0 Å². The Bertz CT molecular complexity index is 726. The molecule has 0 unspecified atom stereocenters. The maximum atomic E-state index is 4.57. The van der Waals surface area contributed by atoms with E-state index in [1.165, 1.54) is 18.5 Å². The Balaban J connectivity index is 1.83. The van der Waals surface area contributed by atoms with Crippen LogP contribution in [-0.2, 0) is 0 Å². The third-order valence-electron chi connectivity index (χ3n) is 3.40. The van der Waals surface area contributed by atoms with Gasteiger partial charge in [-0.25, -0.2) is 4.98 Å². The fourth-order valence-electron chi connectivity index (χ4n) is 2.28. The fourth-order valence-corrected chi connectivity index (χ4v) is 2.78. The molecular formula is C16H19N5S. The molecule has 0 aliphatic rings. The van der Waals surface area contributed by atoms with Gasteiger partial charge in [-0.15, -0.1) is 0 Å². The maximum absolute atomic E-state index is 4.57. The summed E-state index contributed by atoms with van der Waals surface area (Å²) in [4.78, 5) is 8.79. The Morgan fingerprint density at radius 3 is 2.86 bits per heavy atom. The van der Waals surface area contributed by atoms with E-state index in [4.69, 9.17) is 0 Å². The quantitative estimate of drug-likeness (QED) is 0.678. The lowest BCUT2D eigenvalue weighted by Crippen LogP contribution is -2.08. The minimum Gasteiger partial charge on any atom is -0.370 e. The average Bonchev–Trinajstić information content (AvgIpc) is 3.04. The van der Waals surface area contributed by atoms with E-state index < -0.39 is 0 Å². The summed E-state index contributed by atoms with van der Waals surface area (Å²) >= 11 is 1.89. The van der Waals surface area contributed by atoms with Gasteiger partial charge < -0.3 is 5.32 Å². The van der Waals surface area contributed by atoms with Crippen molar-refractivity contribution in [2.24, 2.45) is 0 Å². The second-order valence-corrected chi connectivity index (χ2v) is 5.98. The van der Waals surface area contributed by atoms with Gasteiger partial charge in [0, 0.05) is 18.2 Å². The second-order valence-electron chi connectivity index (χ2n) is 4.99. The molecule has 0 aliphatic heterocycles. The Morgan fingerprint density at radius 2 is 2.05 bits per heavy atom. The predicted molar refractivity (Wildman–Crippen MR) is 92.3 cm³/mol. The van der Waals surface area contributed by atoms with Crippen LogP contribution < -0.4 is 5.32 Å². The van der Waals surface area contributed by atoms with Crippen LogP contribution in [0.15, 0.2) is 42.7 Å². The first-order valence-corrected chi connectivity index (χ1v) is 8.77. The third kappa shape index (κ3) is 3.39. The lowest BCUT2D eigenvalue weighted by Gasteiger charge is -2.10. The third-order valence-corrected chi connectivity index (χ3v) is 4.10. The van der Waals surface area contributed by atoms with E-state index in [1.54, 1.807) is 4.52 Å². The number of nitrogens with zero attached hydrogens (tertiary/aromatic N) is 4. The highest BCUT2D eigenvalue weighted by molar-refractivity contribution is 7.98. The van der Waals surface area contributed by atoms with Crippen molar-refractivity contribution in [2.75, 3.05) is 23.9 Å². The molecule has 6 heteroatoms. The van der Waals surface area contributed by atoms with E-state index in [1.807, 2.05) is 36.0 Å². The molecule has 0 atom stereocenters. The normalized spacial score (nSPS) is 11.0. The lowest BCUT2D eigenvalue weighted by atomic mass is 10.1. The first kappa shape index (κ1) is 14.8. The Kier molecular flexibility index (Phi) is 4.90. The van der Waals surface area contributed by atoms with Crippen molar-refractivity contribution in [2.45, 2.75) is 12.8 Å². The molecule has 0 fully saturated rings. The molecule has 5 nitrogen and oxygen atoms in total. The molecule has 114 valence electrons. The summed E-state index contributed by atoms with van der Waals surface area (Å²) in [7, 11) is 0. The molecule has 1 aromatic carbocycles. The van der Waals surface area contributed by atoms with E-state index in [9.17, 15) is 0 Å². The SMILES string of the molecule is CSCCCCNc1cc(-c2ccccc2)nc2ncnn12. The summed E-state index contributed by atoms with van der Waals surface area (Å²) < 4.78 is 1.75. The summed E-state index contributed by atoms with van der Waals surface area (Å²) in [6.45, 7) is 0.924. The van der Waals surface area contributed by atoms with Crippen molar-refractivity contribution < 1.29 is 0 Å². The van der Waals surface area contributed by atoms with Gasteiger partial charge in [0.25, 0.3) is 5.78 Å². The predicted octanol–water partition coefficient (Wildman–Crippen LogP) is 3.35. The van der Waals surface area contributed by atoms with Crippen molar-refractivity contribution in [3.63, 3.8) is 0 Å². The monoisotopic (exact) mass is 313 g/mol. The first-order chi connectivity index (χ1) is 10.9. The zero-order valence-electron chi connectivity index (χ0n) is 12.6. The minimum atomic E-state index is 0.618. The average molecular weight is 313 g/mol. The number of benzene rings is 1. The van der Waals surface area contributed by atoms with Crippen LogP contribution in [0.4, 0.5) is 5.82 Å². The highest BCUT2D eigenvalue weighted by Crippen LogP contribution is 2.21. The number of thioether (sulfide) groups is 1. The summed E-state index contributed by atoms with van der Waals surface area (Å²) in [5.41, 5.74) is 1.99. The molecule has 1 N–H and O–H groups in total. The smallest absolute Gasteiger partial charge is 0.254 e. The summed E-state index contributed by atoms with van der Waals surface area (Å²) in [5.74, 6) is 2.75. The molecule has 0 spiro atoms. The molecule has 0 amide bonds. The topological polar surface area (TPSA) is 55.1 Å². The van der Waals surface area contributed by atoms with E-state index in [0.717, 1.165) is 30.0 Å². The van der Waals surface area contributed by atoms with E-state index in [0.29, 0.717) is 5.78 Å². The number of rotatable bonds is 7. The van der Waals surface area contributed by atoms with E-state index in [-0.39, 0.29) is 0 Å². The minimum absolute atomic E-state index is 0.618. The number of hydrogen-bond acceptors (Lipinski definition) is 5. The number of fused-ring (bicyclic) bond motifs is 1. The summed E-state index contributed by atoms with van der Waals surface area (Å²) in [5, 5.41) is 7.70. The van der Waals surface area contributed by atoms with Crippen LogP contribution in [-0.4, -0.2) is 38.1 Å². The Labute approximate surface area is 134 Å². The second kappa shape index (κ2) is 7.26. The number of hydrogen-bond donors (Lipinski definition) is 1. The van der Waals surface area contributed by atoms with E-state index in [2.05, 4.69) is 38.8 Å². The number of nitrogens with one attached hydrogen (secondary N) is 1. The molecule has 22 heavy (non-hydrogen) atoms. The zero-order chi connectivity index (χ0) is 15.2. The van der Waals surface area contributed by atoms with Gasteiger partial charge in [0.15, 0.2) is 0 Å². The van der Waals surface area contributed by atoms with Gasteiger partial charge in [-0.1, -0.05) is 30.3 Å². The zero-order valence-corrected chi connectivity index (χ0v) is 13.4. The largest absolute Gasteiger partial charge is 0.370 e. The van der Waals surface area contributed by atoms with E-state index >= 15 is 0 Å². The van der Waals surface area contributed by atoms with Crippen LogP contribution >= 0.6 is 11.8 Å². The molecule has 3 rings (SSSR count). The standard InChI is InChI=1S/C16H19N5S/c1-22-10-6-5-9-17-15-11-14(13-7-3-2-4-8-13)20-16-18-12-19-21(15)16/h2-4,7-8,11-12,17H,5-6,9-10H2,1H3. The molecule has 0 bridgehead atoms. The molecule has 0 saturated heterocycles. The van der Waals surface area contributed by atoms with Crippen molar-refractivity contribution in [1.82, 2.24) is 19.6 Å². The van der Waals surface area contributed by atoms with Crippen molar-refractivity contribution in [1.29, 1.82) is 0 Å². The van der Waals surface area contributed by atoms with Crippen molar-refractivity contribution >= 4 is 23.4 Å². The van der Waals surface area contributed by atoms with Gasteiger partial charge in [0.05, 0.1) is 5.69 Å². The molecule has 2 heterocycles. The van der Waals surface area contributed by atoms with Crippen molar-refractivity contribution in [3.05, 3.63) is 42.7 Å². The van der Waals surface area contributed by atoms with Crippen LogP contribution in [0, 0.1) is 0 Å². The molecule has 3 aromatic rings. The van der Waals surface area contributed by atoms with Gasteiger partial charge in [0.2, 0.25) is 0 Å².